The highest BCUT2D eigenvalue weighted by atomic mass is 32.2. The highest BCUT2D eigenvalue weighted by molar-refractivity contribution is 7.99. The second-order valence-electron chi connectivity index (χ2n) is 10.0. The number of benzene rings is 3. The van der Waals surface area contributed by atoms with Gasteiger partial charge >= 0.3 is 0 Å². The van der Waals surface area contributed by atoms with Crippen molar-refractivity contribution >= 4 is 28.5 Å². The minimum absolute atomic E-state index is 0.114. The lowest BCUT2D eigenvalue weighted by molar-refractivity contribution is 0.198. The fourth-order valence-electron chi connectivity index (χ4n) is 5.41. The van der Waals surface area contributed by atoms with Crippen molar-refractivity contribution in [3.05, 3.63) is 89.5 Å². The summed E-state index contributed by atoms with van der Waals surface area (Å²) < 4.78 is 18.8. The molecule has 2 heterocycles. The van der Waals surface area contributed by atoms with Gasteiger partial charge in [0.05, 0.1) is 6.67 Å². The van der Waals surface area contributed by atoms with Crippen molar-refractivity contribution in [2.24, 2.45) is 0 Å². The highest BCUT2D eigenvalue weighted by Gasteiger charge is 2.25. The molecule has 3 aromatic rings. The molecule has 2 aliphatic rings. The molecule has 1 fully saturated rings. The number of likely N-dealkylation sites (tertiary alicyclic amines) is 1. The molecule has 4 nitrogen and oxygen atoms in total. The van der Waals surface area contributed by atoms with Crippen LogP contribution in [0.3, 0.4) is 0 Å². The van der Waals surface area contributed by atoms with E-state index in [1.807, 2.05) is 37.3 Å². The zero-order valence-electron chi connectivity index (χ0n) is 21.8. The van der Waals surface area contributed by atoms with Crippen molar-refractivity contribution in [1.29, 1.82) is 0 Å². The first-order valence-corrected chi connectivity index (χ1v) is 14.2. The number of aromatic hydroxyl groups is 2. The van der Waals surface area contributed by atoms with Crippen LogP contribution in [0, 0.1) is 0 Å². The molecule has 5 rings (SSSR count). The number of rotatable bonds is 8. The van der Waals surface area contributed by atoms with Crippen LogP contribution in [0.1, 0.15) is 48.4 Å². The molecule has 1 saturated heterocycles. The second kappa shape index (κ2) is 11.7. The second-order valence-corrected chi connectivity index (χ2v) is 11.2. The molecule has 0 aromatic heterocycles. The Morgan fingerprint density at radius 2 is 1.79 bits per heavy atom. The topological polar surface area (TPSA) is 52.9 Å². The van der Waals surface area contributed by atoms with Gasteiger partial charge in [-0.1, -0.05) is 30.4 Å². The number of nitrogens with zero attached hydrogens (tertiary/aromatic N) is 1. The van der Waals surface area contributed by atoms with Crippen molar-refractivity contribution in [1.82, 2.24) is 4.90 Å². The molecule has 0 bridgehead atoms. The van der Waals surface area contributed by atoms with Gasteiger partial charge in [-0.15, -0.1) is 11.8 Å². The monoisotopic (exact) mass is 531 g/mol. The highest BCUT2D eigenvalue weighted by Crippen LogP contribution is 2.45. The molecule has 3 aromatic carbocycles. The Morgan fingerprint density at radius 1 is 1.05 bits per heavy atom. The Hall–Kier alpha value is -3.22. The normalized spacial score (nSPS) is 17.8. The number of thioether (sulfide) groups is 1. The van der Waals surface area contributed by atoms with Gasteiger partial charge in [0.25, 0.3) is 0 Å². The lowest BCUT2D eigenvalue weighted by atomic mass is 9.85. The molecule has 0 aliphatic carbocycles. The molecular weight excluding hydrogens is 497 g/mol. The lowest BCUT2D eigenvalue weighted by Crippen LogP contribution is -2.26. The fraction of sp³-hybridized carbons (Fsp3) is 0.312. The number of hydrogen-bond donors (Lipinski definition) is 2. The van der Waals surface area contributed by atoms with Crippen molar-refractivity contribution < 1.29 is 19.3 Å². The molecular formula is C32H34FNO3S. The van der Waals surface area contributed by atoms with Gasteiger partial charge in [0, 0.05) is 30.3 Å². The number of ether oxygens (including phenoxy) is 1. The first-order valence-electron chi connectivity index (χ1n) is 13.2. The third-order valence-corrected chi connectivity index (χ3v) is 8.27. The molecule has 198 valence electrons. The van der Waals surface area contributed by atoms with Crippen LogP contribution in [0.2, 0.25) is 0 Å². The minimum Gasteiger partial charge on any atom is -0.508 e. The summed E-state index contributed by atoms with van der Waals surface area (Å²) in [5.41, 5.74) is 7.34. The van der Waals surface area contributed by atoms with Crippen LogP contribution >= 0.6 is 11.8 Å². The molecule has 0 radical (unpaired) electrons. The zero-order valence-corrected chi connectivity index (χ0v) is 22.6. The maximum absolute atomic E-state index is 12.5. The average molecular weight is 532 g/mol. The number of phenolic OH excluding ortho intramolecular Hbond substituents is 2. The zero-order chi connectivity index (χ0) is 26.6. The molecule has 0 amide bonds. The number of allylic oxidation sites excluding steroid dienone is 2. The van der Waals surface area contributed by atoms with E-state index in [1.165, 1.54) is 5.57 Å². The quantitative estimate of drug-likeness (QED) is 0.317. The molecule has 0 spiro atoms. The molecule has 2 N–H and O–H groups in total. The Bertz CT molecular complexity index is 1350. The Balaban J connectivity index is 1.53. The smallest absolute Gasteiger partial charge is 0.119 e. The Kier molecular flexibility index (Phi) is 8.10. The molecule has 1 unspecified atom stereocenters. The summed E-state index contributed by atoms with van der Waals surface area (Å²) in [4.78, 5) is 3.31. The van der Waals surface area contributed by atoms with Gasteiger partial charge in [-0.25, -0.2) is 0 Å². The van der Waals surface area contributed by atoms with Crippen molar-refractivity contribution in [3.8, 4) is 17.2 Å². The van der Waals surface area contributed by atoms with E-state index in [0.29, 0.717) is 6.42 Å². The lowest BCUT2D eigenvalue weighted by Gasteiger charge is -2.20. The largest absolute Gasteiger partial charge is 0.508 e. The fourth-order valence-corrected chi connectivity index (χ4v) is 6.46. The van der Waals surface area contributed by atoms with Gasteiger partial charge in [0.1, 0.15) is 23.4 Å². The van der Waals surface area contributed by atoms with Gasteiger partial charge < -0.3 is 14.9 Å². The van der Waals surface area contributed by atoms with E-state index < -0.39 is 0 Å². The van der Waals surface area contributed by atoms with E-state index in [-0.39, 0.29) is 24.3 Å². The minimum atomic E-state index is -0.277. The summed E-state index contributed by atoms with van der Waals surface area (Å²) in [5.74, 6) is 2.17. The predicted octanol–water partition coefficient (Wildman–Crippen LogP) is 7.40. The van der Waals surface area contributed by atoms with Crippen LogP contribution in [0.15, 0.2) is 72.1 Å². The molecule has 6 heteroatoms. The van der Waals surface area contributed by atoms with Gasteiger partial charge in [-0.3, -0.25) is 9.29 Å². The standard InChI is InChI=1S/C32H34FNO3S/c1-21(2)30-18-23(35)6-10-27(30)28-13-17-38-31-19-24(36)7-11-29(31)32(28)22-4-8-25(9-5-22)37-26-12-16-34(20-26)15-3-14-33/h4-11,18-19,26,35-36H,1,3,12-17,20H2,2H3. The van der Waals surface area contributed by atoms with Crippen LogP contribution in [0.25, 0.3) is 16.7 Å². The van der Waals surface area contributed by atoms with Crippen LogP contribution in [-0.2, 0) is 0 Å². The van der Waals surface area contributed by atoms with Crippen molar-refractivity contribution in [3.63, 3.8) is 0 Å². The Labute approximate surface area is 228 Å². The first kappa shape index (κ1) is 26.4. The van der Waals surface area contributed by atoms with Crippen LogP contribution in [0.5, 0.6) is 17.2 Å². The molecule has 0 saturated carbocycles. The molecule has 38 heavy (non-hydrogen) atoms. The summed E-state index contributed by atoms with van der Waals surface area (Å²) in [5, 5.41) is 20.4. The van der Waals surface area contributed by atoms with Crippen LogP contribution < -0.4 is 4.74 Å². The van der Waals surface area contributed by atoms with Gasteiger partial charge in [0.2, 0.25) is 0 Å². The van der Waals surface area contributed by atoms with Crippen LogP contribution in [-0.4, -0.2) is 53.3 Å². The van der Waals surface area contributed by atoms with E-state index in [1.54, 1.807) is 30.0 Å². The van der Waals surface area contributed by atoms with E-state index in [0.717, 1.165) is 82.3 Å². The van der Waals surface area contributed by atoms with Gasteiger partial charge in [-0.2, -0.15) is 0 Å². The number of halogens is 1. The summed E-state index contributed by atoms with van der Waals surface area (Å²) >= 11 is 1.74. The third kappa shape index (κ3) is 5.77. The number of phenols is 2. The van der Waals surface area contributed by atoms with Crippen LogP contribution in [0.4, 0.5) is 4.39 Å². The number of hydrogen-bond acceptors (Lipinski definition) is 5. The van der Waals surface area contributed by atoms with Crippen molar-refractivity contribution in [2.45, 2.75) is 37.2 Å². The van der Waals surface area contributed by atoms with E-state index in [9.17, 15) is 14.6 Å². The maximum Gasteiger partial charge on any atom is 0.119 e. The van der Waals surface area contributed by atoms with E-state index >= 15 is 0 Å². The summed E-state index contributed by atoms with van der Waals surface area (Å²) in [6.45, 7) is 8.41. The predicted molar refractivity (Wildman–Crippen MR) is 155 cm³/mol. The third-order valence-electron chi connectivity index (χ3n) is 7.22. The van der Waals surface area contributed by atoms with Gasteiger partial charge in [0.15, 0.2) is 0 Å². The summed E-state index contributed by atoms with van der Waals surface area (Å²) in [6.07, 6.45) is 2.46. The number of fused-ring (bicyclic) bond motifs is 1. The molecule has 2 aliphatic heterocycles. The summed E-state index contributed by atoms with van der Waals surface area (Å²) in [6, 6.07) is 19.3. The maximum atomic E-state index is 12.5. The summed E-state index contributed by atoms with van der Waals surface area (Å²) in [7, 11) is 0. The van der Waals surface area contributed by atoms with Gasteiger partial charge in [-0.05, 0) is 102 Å². The van der Waals surface area contributed by atoms with Crippen molar-refractivity contribution in [2.75, 3.05) is 32.1 Å². The average Bonchev–Trinajstić information content (AvgIpc) is 3.27. The number of alkyl halides is 1. The SMILES string of the molecule is C=C(C)c1cc(O)ccc1C1=C(c2ccc(OC3CCN(CCCF)C3)cc2)c2ccc(O)cc2SCC1. The van der Waals surface area contributed by atoms with E-state index in [4.69, 9.17) is 4.74 Å². The molecule has 1 atom stereocenters. The Morgan fingerprint density at radius 3 is 2.53 bits per heavy atom. The van der Waals surface area contributed by atoms with E-state index in [2.05, 4.69) is 23.6 Å². The first-order chi connectivity index (χ1) is 18.4.